The van der Waals surface area contributed by atoms with E-state index < -0.39 is 0 Å². The van der Waals surface area contributed by atoms with E-state index in [4.69, 9.17) is 10.8 Å². The van der Waals surface area contributed by atoms with Crippen LogP contribution in [0.4, 0.5) is 0 Å². The first-order valence-electron chi connectivity index (χ1n) is 4.76. The predicted molar refractivity (Wildman–Crippen MR) is 61.4 cm³/mol. The van der Waals surface area contributed by atoms with Crippen LogP contribution in [0.2, 0.25) is 0 Å². The van der Waals surface area contributed by atoms with Crippen molar-refractivity contribution >= 4 is 11.8 Å². The topological polar surface area (TPSA) is 46.2 Å². The first-order chi connectivity index (χ1) is 6.59. The second-order valence-electron chi connectivity index (χ2n) is 3.52. The Morgan fingerprint density at radius 1 is 1.43 bits per heavy atom. The maximum atomic E-state index is 9.15. The minimum atomic E-state index is -0.265. The maximum absolute atomic E-state index is 9.15. The SMILES string of the molecule is CC(O)CSc1cccc(C(C)N)c1. The number of aliphatic hydroxyl groups is 1. The first-order valence-corrected chi connectivity index (χ1v) is 5.74. The normalized spacial score (nSPS) is 15.1. The Kier molecular flexibility index (Phi) is 4.45. The summed E-state index contributed by atoms with van der Waals surface area (Å²) in [5.41, 5.74) is 6.92. The molecule has 1 rings (SSSR count). The third kappa shape index (κ3) is 3.70. The van der Waals surface area contributed by atoms with Gasteiger partial charge >= 0.3 is 0 Å². The highest BCUT2D eigenvalue weighted by molar-refractivity contribution is 7.99. The van der Waals surface area contributed by atoms with Gasteiger partial charge in [0.15, 0.2) is 0 Å². The Morgan fingerprint density at radius 2 is 2.14 bits per heavy atom. The zero-order valence-electron chi connectivity index (χ0n) is 8.60. The van der Waals surface area contributed by atoms with Crippen LogP contribution in [0, 0.1) is 0 Å². The molecular formula is C11H17NOS. The van der Waals surface area contributed by atoms with Crippen molar-refractivity contribution in [1.82, 2.24) is 0 Å². The van der Waals surface area contributed by atoms with Crippen molar-refractivity contribution in [2.45, 2.75) is 30.9 Å². The lowest BCUT2D eigenvalue weighted by molar-refractivity contribution is 0.220. The molecule has 14 heavy (non-hydrogen) atoms. The number of hydrogen-bond donors (Lipinski definition) is 2. The van der Waals surface area contributed by atoms with Crippen LogP contribution in [-0.2, 0) is 0 Å². The molecule has 0 saturated carbocycles. The standard InChI is InChI=1S/C11H17NOS/c1-8(13)7-14-11-5-3-4-10(6-11)9(2)12/h3-6,8-9,13H,7,12H2,1-2H3. The molecule has 0 fully saturated rings. The lowest BCUT2D eigenvalue weighted by Crippen LogP contribution is -2.05. The van der Waals surface area contributed by atoms with Gasteiger partial charge in [-0.3, -0.25) is 0 Å². The molecule has 0 bridgehead atoms. The van der Waals surface area contributed by atoms with Gasteiger partial charge in [-0.1, -0.05) is 12.1 Å². The van der Waals surface area contributed by atoms with Crippen LogP contribution in [0.3, 0.4) is 0 Å². The smallest absolute Gasteiger partial charge is 0.0606 e. The van der Waals surface area contributed by atoms with E-state index in [0.29, 0.717) is 0 Å². The van der Waals surface area contributed by atoms with E-state index in [-0.39, 0.29) is 12.1 Å². The molecule has 78 valence electrons. The largest absolute Gasteiger partial charge is 0.393 e. The fraction of sp³-hybridized carbons (Fsp3) is 0.455. The third-order valence-electron chi connectivity index (χ3n) is 1.88. The summed E-state index contributed by atoms with van der Waals surface area (Å²) in [6.07, 6.45) is -0.265. The van der Waals surface area contributed by atoms with Crippen molar-refractivity contribution in [2.75, 3.05) is 5.75 Å². The first kappa shape index (κ1) is 11.6. The zero-order chi connectivity index (χ0) is 10.6. The van der Waals surface area contributed by atoms with Gasteiger partial charge in [0.05, 0.1) is 6.10 Å². The quantitative estimate of drug-likeness (QED) is 0.750. The summed E-state index contributed by atoms with van der Waals surface area (Å²) >= 11 is 1.65. The fourth-order valence-electron chi connectivity index (χ4n) is 1.10. The van der Waals surface area contributed by atoms with Crippen molar-refractivity contribution < 1.29 is 5.11 Å². The van der Waals surface area contributed by atoms with Crippen molar-refractivity contribution in [3.8, 4) is 0 Å². The minimum absolute atomic E-state index is 0.0714. The molecule has 0 aromatic heterocycles. The molecule has 0 amide bonds. The molecule has 0 aliphatic heterocycles. The maximum Gasteiger partial charge on any atom is 0.0606 e. The zero-order valence-corrected chi connectivity index (χ0v) is 9.42. The number of rotatable bonds is 4. The molecule has 0 aliphatic carbocycles. The lowest BCUT2D eigenvalue weighted by atomic mass is 10.1. The van der Waals surface area contributed by atoms with E-state index in [1.165, 1.54) is 4.90 Å². The van der Waals surface area contributed by atoms with Crippen LogP contribution in [-0.4, -0.2) is 17.0 Å². The molecule has 2 nitrogen and oxygen atoms in total. The molecule has 1 aromatic carbocycles. The van der Waals surface area contributed by atoms with E-state index in [1.54, 1.807) is 18.7 Å². The number of thioether (sulfide) groups is 1. The van der Waals surface area contributed by atoms with Crippen molar-refractivity contribution in [3.63, 3.8) is 0 Å². The van der Waals surface area contributed by atoms with Gasteiger partial charge in [0, 0.05) is 16.7 Å². The van der Waals surface area contributed by atoms with E-state index in [0.717, 1.165) is 11.3 Å². The van der Waals surface area contributed by atoms with Gasteiger partial charge in [0.1, 0.15) is 0 Å². The van der Waals surface area contributed by atoms with Crippen molar-refractivity contribution in [3.05, 3.63) is 29.8 Å². The molecule has 0 spiro atoms. The van der Waals surface area contributed by atoms with Gasteiger partial charge in [-0.05, 0) is 31.5 Å². The Bertz CT molecular complexity index is 286. The van der Waals surface area contributed by atoms with Crippen LogP contribution in [0.1, 0.15) is 25.5 Å². The number of aliphatic hydroxyl groups excluding tert-OH is 1. The monoisotopic (exact) mass is 211 g/mol. The van der Waals surface area contributed by atoms with Crippen LogP contribution < -0.4 is 5.73 Å². The van der Waals surface area contributed by atoms with Gasteiger partial charge < -0.3 is 10.8 Å². The summed E-state index contributed by atoms with van der Waals surface area (Å²) in [4.78, 5) is 1.17. The Labute approximate surface area is 89.5 Å². The molecule has 0 aliphatic rings. The summed E-state index contributed by atoms with van der Waals surface area (Å²) in [7, 11) is 0. The highest BCUT2D eigenvalue weighted by Gasteiger charge is 2.02. The predicted octanol–water partition coefficient (Wildman–Crippen LogP) is 2.18. The average molecular weight is 211 g/mol. The summed E-state index contributed by atoms with van der Waals surface area (Å²) in [5, 5.41) is 9.15. The van der Waals surface area contributed by atoms with Crippen LogP contribution in [0.15, 0.2) is 29.2 Å². The van der Waals surface area contributed by atoms with E-state index in [1.807, 2.05) is 25.1 Å². The Morgan fingerprint density at radius 3 is 2.71 bits per heavy atom. The van der Waals surface area contributed by atoms with Gasteiger partial charge in [0.2, 0.25) is 0 Å². The highest BCUT2D eigenvalue weighted by atomic mass is 32.2. The number of nitrogens with two attached hydrogens (primary N) is 1. The molecule has 0 heterocycles. The van der Waals surface area contributed by atoms with Gasteiger partial charge in [0.25, 0.3) is 0 Å². The summed E-state index contributed by atoms with van der Waals surface area (Å²) in [6, 6.07) is 8.22. The third-order valence-corrected chi connectivity index (χ3v) is 3.11. The van der Waals surface area contributed by atoms with Crippen molar-refractivity contribution in [1.29, 1.82) is 0 Å². The molecular weight excluding hydrogens is 194 g/mol. The van der Waals surface area contributed by atoms with Gasteiger partial charge in [-0.15, -0.1) is 11.8 Å². The summed E-state index contributed by atoms with van der Waals surface area (Å²) in [5.74, 6) is 0.725. The lowest BCUT2D eigenvalue weighted by Gasteiger charge is -2.08. The minimum Gasteiger partial charge on any atom is -0.393 e. The van der Waals surface area contributed by atoms with Gasteiger partial charge in [-0.25, -0.2) is 0 Å². The molecule has 2 unspecified atom stereocenters. The van der Waals surface area contributed by atoms with Gasteiger partial charge in [-0.2, -0.15) is 0 Å². The van der Waals surface area contributed by atoms with E-state index in [2.05, 4.69) is 6.07 Å². The number of benzene rings is 1. The summed E-state index contributed by atoms with van der Waals surface area (Å²) < 4.78 is 0. The second-order valence-corrected chi connectivity index (χ2v) is 4.61. The Hall–Kier alpha value is -0.510. The van der Waals surface area contributed by atoms with Crippen LogP contribution in [0.25, 0.3) is 0 Å². The van der Waals surface area contributed by atoms with Crippen molar-refractivity contribution in [2.24, 2.45) is 5.73 Å². The van der Waals surface area contributed by atoms with Crippen LogP contribution in [0.5, 0.6) is 0 Å². The molecule has 3 heteroatoms. The number of hydrogen-bond acceptors (Lipinski definition) is 3. The second kappa shape index (κ2) is 5.39. The van der Waals surface area contributed by atoms with E-state index in [9.17, 15) is 0 Å². The van der Waals surface area contributed by atoms with E-state index >= 15 is 0 Å². The summed E-state index contributed by atoms with van der Waals surface area (Å²) in [6.45, 7) is 3.76. The Balaban J connectivity index is 2.64. The molecule has 0 saturated heterocycles. The molecule has 1 aromatic rings. The highest BCUT2D eigenvalue weighted by Crippen LogP contribution is 2.22. The fourth-order valence-corrected chi connectivity index (χ4v) is 1.93. The molecule has 2 atom stereocenters. The average Bonchev–Trinajstić information content (AvgIpc) is 2.15. The van der Waals surface area contributed by atoms with Crippen LogP contribution >= 0.6 is 11.8 Å². The molecule has 0 radical (unpaired) electrons. The molecule has 3 N–H and O–H groups in total.